The lowest BCUT2D eigenvalue weighted by molar-refractivity contribution is 1.13. The minimum Gasteiger partial charge on any atom is -0.793 e. The summed E-state index contributed by atoms with van der Waals surface area (Å²) in [5.41, 5.74) is -1.90. The lowest BCUT2D eigenvalue weighted by Gasteiger charge is -1.93. The van der Waals surface area contributed by atoms with E-state index >= 15 is 0 Å². The number of nitrogens with one attached hydrogen (secondary N) is 1. The topological polar surface area (TPSA) is 77.9 Å². The zero-order valence-electron chi connectivity index (χ0n) is 3.58. The standard InChI is InChI=1S/C2HN2O3S/c5-1-2(6)4(7)8-3-1/h(H,3,5)/q-1. The van der Waals surface area contributed by atoms with Gasteiger partial charge in [0.2, 0.25) is 0 Å². The zero-order chi connectivity index (χ0) is 6.15. The van der Waals surface area contributed by atoms with Crippen LogP contribution in [0.1, 0.15) is 0 Å². The fourth-order valence-corrected chi connectivity index (χ4v) is 0.670. The van der Waals surface area contributed by atoms with Crippen LogP contribution in [0.15, 0.2) is 9.59 Å². The fourth-order valence-electron chi connectivity index (χ4n) is 0.251. The average Bonchev–Trinajstić information content (AvgIpc) is 1.98. The Morgan fingerprint density at radius 2 is 2.25 bits per heavy atom. The van der Waals surface area contributed by atoms with Gasteiger partial charge in [-0.25, -0.2) is 0 Å². The van der Waals surface area contributed by atoms with Crippen LogP contribution in [0, 0.1) is 5.21 Å². The summed E-state index contributed by atoms with van der Waals surface area (Å²) in [7, 11) is 0. The largest absolute Gasteiger partial charge is 0.793 e. The van der Waals surface area contributed by atoms with Gasteiger partial charge in [-0.1, -0.05) is 0 Å². The van der Waals surface area contributed by atoms with Gasteiger partial charge in [-0.15, -0.1) is 0 Å². The van der Waals surface area contributed by atoms with Crippen LogP contribution in [0.4, 0.5) is 0 Å². The van der Waals surface area contributed by atoms with E-state index in [1.807, 2.05) is 4.37 Å². The predicted octanol–water partition coefficient (Wildman–Crippen LogP) is -1.06. The second-order valence-corrected chi connectivity index (χ2v) is 1.80. The highest BCUT2D eigenvalue weighted by molar-refractivity contribution is 6.99. The first-order valence-electron chi connectivity index (χ1n) is 1.70. The number of H-pyrrole nitrogens is 1. The highest BCUT2D eigenvalue weighted by Crippen LogP contribution is 1.72. The van der Waals surface area contributed by atoms with E-state index < -0.39 is 11.1 Å². The third-order valence-corrected chi connectivity index (χ3v) is 1.19. The highest BCUT2D eigenvalue weighted by atomic mass is 32.1. The molecule has 6 heteroatoms. The number of hydrogen-bond acceptors (Lipinski definition) is 4. The molecular weight excluding hydrogens is 132 g/mol. The molecule has 0 saturated heterocycles. The van der Waals surface area contributed by atoms with Crippen LogP contribution in [0.3, 0.4) is 0 Å². The van der Waals surface area contributed by atoms with Crippen LogP contribution in [0.25, 0.3) is 0 Å². The molecule has 0 aliphatic rings. The summed E-state index contributed by atoms with van der Waals surface area (Å²) >= 11 is 0.442. The predicted molar refractivity (Wildman–Crippen MR) is 28.0 cm³/mol. The molecular formula is C2HN2O3S-. The maximum absolute atomic E-state index is 10.1. The number of hydrogen-bond donors (Lipinski definition) is 1. The van der Waals surface area contributed by atoms with Crippen LogP contribution >= 0.6 is 11.7 Å². The van der Waals surface area contributed by atoms with Crippen LogP contribution < -0.4 is 11.1 Å². The second kappa shape index (κ2) is 1.48. The van der Waals surface area contributed by atoms with Crippen molar-refractivity contribution in [3.63, 3.8) is 0 Å². The monoisotopic (exact) mass is 133 g/mol. The summed E-state index contributed by atoms with van der Waals surface area (Å²) in [4.78, 5) is 20.1. The molecule has 0 saturated carbocycles. The fraction of sp³-hybridized carbons (Fsp3) is 0. The molecule has 0 aliphatic carbocycles. The van der Waals surface area contributed by atoms with Gasteiger partial charge in [-0.3, -0.25) is 18.1 Å². The molecule has 0 aromatic carbocycles. The quantitative estimate of drug-likeness (QED) is 0.458. The van der Waals surface area contributed by atoms with E-state index in [1.165, 1.54) is 0 Å². The van der Waals surface area contributed by atoms with Crippen LogP contribution in [0.5, 0.6) is 0 Å². The Bertz CT molecular complexity index is 280. The van der Waals surface area contributed by atoms with Gasteiger partial charge in [0, 0.05) is 11.7 Å². The Hall–Kier alpha value is -1.04. The number of aromatic amines is 1. The van der Waals surface area contributed by atoms with Crippen LogP contribution in [0.2, 0.25) is 0 Å². The van der Waals surface area contributed by atoms with Gasteiger partial charge in [0.05, 0.1) is 0 Å². The van der Waals surface area contributed by atoms with E-state index in [0.29, 0.717) is 11.7 Å². The molecule has 44 valence electrons. The van der Waals surface area contributed by atoms with E-state index in [4.69, 9.17) is 0 Å². The molecule has 0 fully saturated rings. The Morgan fingerprint density at radius 1 is 1.62 bits per heavy atom. The van der Waals surface area contributed by atoms with E-state index in [1.54, 1.807) is 0 Å². The maximum atomic E-state index is 10.1. The molecule has 0 unspecified atom stereocenters. The van der Waals surface area contributed by atoms with Gasteiger partial charge in [0.1, 0.15) is 0 Å². The molecule has 0 aliphatic heterocycles. The Morgan fingerprint density at radius 3 is 2.38 bits per heavy atom. The molecule has 8 heavy (non-hydrogen) atoms. The van der Waals surface area contributed by atoms with Gasteiger partial charge in [0.25, 0.3) is 0 Å². The van der Waals surface area contributed by atoms with Gasteiger partial charge >= 0.3 is 11.1 Å². The number of aromatic nitrogens is 2. The van der Waals surface area contributed by atoms with Gasteiger partial charge in [-0.2, -0.15) is 0 Å². The molecule has 0 spiro atoms. The van der Waals surface area contributed by atoms with Crippen molar-refractivity contribution in [3.05, 3.63) is 25.9 Å². The van der Waals surface area contributed by atoms with E-state index in [-0.39, 0.29) is 4.12 Å². The van der Waals surface area contributed by atoms with Crippen molar-refractivity contribution in [2.45, 2.75) is 0 Å². The first-order chi connectivity index (χ1) is 3.72. The Kier molecular flexibility index (Phi) is 0.943. The zero-order valence-corrected chi connectivity index (χ0v) is 4.40. The summed E-state index contributed by atoms with van der Waals surface area (Å²) in [5, 5.41) is 10.0. The third-order valence-electron chi connectivity index (χ3n) is 0.581. The average molecular weight is 133 g/mol. The minimum absolute atomic E-state index is 0.0116. The van der Waals surface area contributed by atoms with Gasteiger partial charge in [0.15, 0.2) is 0 Å². The smallest absolute Gasteiger partial charge is 0.324 e. The van der Waals surface area contributed by atoms with Crippen molar-refractivity contribution < 1.29 is 0 Å². The SMILES string of the molecule is O=c1[nH]sn([O-])c1=O. The molecule has 0 amide bonds. The van der Waals surface area contributed by atoms with Crippen molar-refractivity contribution >= 4 is 11.7 Å². The highest BCUT2D eigenvalue weighted by Gasteiger charge is 1.91. The van der Waals surface area contributed by atoms with Crippen molar-refractivity contribution in [1.29, 1.82) is 0 Å². The molecule has 0 bridgehead atoms. The molecule has 1 N–H and O–H groups in total. The van der Waals surface area contributed by atoms with Crippen LogP contribution in [-0.2, 0) is 0 Å². The number of nitrogens with zero attached hydrogens (tertiary/aromatic N) is 1. The maximum Gasteiger partial charge on any atom is 0.324 e. The lowest BCUT2D eigenvalue weighted by atomic mass is 10.9. The minimum atomic E-state index is -1.05. The van der Waals surface area contributed by atoms with Gasteiger partial charge in [-0.05, 0) is 0 Å². The van der Waals surface area contributed by atoms with Crippen LogP contribution in [-0.4, -0.2) is 8.49 Å². The molecule has 1 aromatic heterocycles. The molecule has 1 heterocycles. The third kappa shape index (κ3) is 0.544. The van der Waals surface area contributed by atoms with E-state index in [2.05, 4.69) is 0 Å². The summed E-state index contributed by atoms with van der Waals surface area (Å²) in [6.07, 6.45) is 0. The normalized spacial score (nSPS) is 9.50. The summed E-state index contributed by atoms with van der Waals surface area (Å²) in [5.74, 6) is 0. The molecule has 0 atom stereocenters. The first kappa shape index (κ1) is 5.10. The summed E-state index contributed by atoms with van der Waals surface area (Å²) < 4.78 is 1.95. The van der Waals surface area contributed by atoms with E-state index in [9.17, 15) is 14.8 Å². The summed E-state index contributed by atoms with van der Waals surface area (Å²) in [6.45, 7) is 0. The van der Waals surface area contributed by atoms with Gasteiger partial charge < -0.3 is 5.21 Å². The second-order valence-electron chi connectivity index (χ2n) is 1.08. The Balaban J connectivity index is 3.66. The molecule has 1 rings (SSSR count). The lowest BCUT2D eigenvalue weighted by Crippen LogP contribution is -2.24. The molecule has 1 aromatic rings. The number of rotatable bonds is 0. The summed E-state index contributed by atoms with van der Waals surface area (Å²) in [6, 6.07) is 0. The van der Waals surface area contributed by atoms with Crippen molar-refractivity contribution in [2.24, 2.45) is 0 Å². The van der Waals surface area contributed by atoms with Crippen molar-refractivity contribution in [1.82, 2.24) is 8.49 Å². The van der Waals surface area contributed by atoms with Crippen molar-refractivity contribution in [3.8, 4) is 0 Å². The molecule has 0 radical (unpaired) electrons. The van der Waals surface area contributed by atoms with Crippen molar-refractivity contribution in [2.75, 3.05) is 0 Å². The van der Waals surface area contributed by atoms with E-state index in [0.717, 1.165) is 0 Å². The Labute approximate surface area is 47.1 Å². The molecule has 5 nitrogen and oxygen atoms in total. The first-order valence-corrected chi connectivity index (χ1v) is 2.47.